The van der Waals surface area contributed by atoms with Crippen LogP contribution in [-0.2, 0) is 0 Å². The lowest BCUT2D eigenvalue weighted by Gasteiger charge is -2.29. The van der Waals surface area contributed by atoms with Gasteiger partial charge in [-0.2, -0.15) is 0 Å². The van der Waals surface area contributed by atoms with Crippen LogP contribution in [0, 0.1) is 0 Å². The van der Waals surface area contributed by atoms with Crippen molar-refractivity contribution in [3.05, 3.63) is 212 Å². The van der Waals surface area contributed by atoms with Gasteiger partial charge in [0.1, 0.15) is 0 Å². The van der Waals surface area contributed by atoms with E-state index in [-0.39, 0.29) is 0 Å². The van der Waals surface area contributed by atoms with Crippen LogP contribution in [0.15, 0.2) is 212 Å². The van der Waals surface area contributed by atoms with Crippen molar-refractivity contribution < 1.29 is 0 Å². The molecule has 0 aliphatic rings. The minimum Gasteiger partial charge on any atom is -0.309 e. The second kappa shape index (κ2) is 13.2. The van der Waals surface area contributed by atoms with Gasteiger partial charge in [0.25, 0.3) is 0 Å². The number of para-hydroxylation sites is 1. The van der Waals surface area contributed by atoms with Gasteiger partial charge in [-0.05, 0) is 102 Å². The summed E-state index contributed by atoms with van der Waals surface area (Å²) in [5, 5.41) is 15.2. The summed E-state index contributed by atoms with van der Waals surface area (Å²) in [5.41, 5.74) is 8.25. The predicted molar refractivity (Wildman–Crippen MR) is 252 cm³/mol. The van der Waals surface area contributed by atoms with Crippen LogP contribution < -0.4 is 4.90 Å². The number of anilines is 3. The molecule has 0 spiro atoms. The Morgan fingerprint density at radius 2 is 0.793 bits per heavy atom. The Morgan fingerprint density at radius 1 is 0.293 bits per heavy atom. The Hall–Kier alpha value is -7.26. The van der Waals surface area contributed by atoms with E-state index in [1.165, 1.54) is 96.3 Å². The van der Waals surface area contributed by atoms with E-state index in [4.69, 9.17) is 0 Å². The third-order valence-electron chi connectivity index (χ3n) is 12.0. The highest BCUT2D eigenvalue weighted by atomic mass is 32.1. The summed E-state index contributed by atoms with van der Waals surface area (Å²) < 4.78 is 2.64. The minimum absolute atomic E-state index is 1.11. The Labute approximate surface area is 340 Å². The molecule has 58 heavy (non-hydrogen) atoms. The molecule has 270 valence electrons. The number of benzene rings is 11. The van der Waals surface area contributed by atoms with Crippen molar-refractivity contribution in [2.75, 3.05) is 4.90 Å². The monoisotopic (exact) mass is 753 g/mol. The van der Waals surface area contributed by atoms with Crippen LogP contribution in [0.4, 0.5) is 17.1 Å². The normalized spacial score (nSPS) is 11.8. The predicted octanol–water partition coefficient (Wildman–Crippen LogP) is 16.6. The van der Waals surface area contributed by atoms with Crippen LogP contribution in [0.3, 0.4) is 0 Å². The quantitative estimate of drug-likeness (QED) is 0.158. The van der Waals surface area contributed by atoms with Gasteiger partial charge in [0, 0.05) is 42.2 Å². The van der Waals surface area contributed by atoms with Crippen LogP contribution >= 0.6 is 11.3 Å². The molecule has 0 saturated carbocycles. The zero-order valence-corrected chi connectivity index (χ0v) is 32.4. The highest BCUT2D eigenvalue weighted by molar-refractivity contribution is 7.26. The Kier molecular flexibility index (Phi) is 7.47. The average molecular weight is 754 g/mol. The molecule has 1 heterocycles. The maximum absolute atomic E-state index is 2.49. The fraction of sp³-hybridized carbons (Fsp3) is 0. The van der Waals surface area contributed by atoms with Crippen molar-refractivity contribution >= 4 is 102 Å². The van der Waals surface area contributed by atoms with E-state index in [1.807, 2.05) is 11.3 Å². The molecule has 0 bridgehead atoms. The van der Waals surface area contributed by atoms with Crippen molar-refractivity contribution in [3.63, 3.8) is 0 Å². The number of rotatable bonds is 5. The van der Waals surface area contributed by atoms with Crippen molar-refractivity contribution in [3.8, 4) is 22.3 Å². The number of thiophene rings is 1. The van der Waals surface area contributed by atoms with E-state index in [0.717, 1.165) is 17.1 Å². The van der Waals surface area contributed by atoms with Crippen molar-refractivity contribution in [2.45, 2.75) is 0 Å². The smallest absolute Gasteiger partial charge is 0.0540 e. The molecule has 1 nitrogen and oxygen atoms in total. The molecular formula is C56H35NS. The first-order valence-corrected chi connectivity index (χ1v) is 20.7. The summed E-state index contributed by atoms with van der Waals surface area (Å²) >= 11 is 1.89. The lowest BCUT2D eigenvalue weighted by molar-refractivity contribution is 1.30. The van der Waals surface area contributed by atoms with Crippen molar-refractivity contribution in [2.24, 2.45) is 0 Å². The number of hydrogen-bond donors (Lipinski definition) is 0. The summed E-state index contributed by atoms with van der Waals surface area (Å²) in [6.45, 7) is 0. The van der Waals surface area contributed by atoms with Crippen LogP contribution in [0.2, 0.25) is 0 Å². The molecule has 0 atom stereocenters. The number of fused-ring (bicyclic) bond motifs is 11. The zero-order chi connectivity index (χ0) is 38.2. The molecule has 0 aliphatic heterocycles. The van der Waals surface area contributed by atoms with E-state index in [1.54, 1.807) is 0 Å². The van der Waals surface area contributed by atoms with Gasteiger partial charge >= 0.3 is 0 Å². The SMILES string of the molecule is c1ccc(N(c2ccc(-c3cc4ccccc4c4ccccc34)cc2)c2cccc3c2ccc2c4ccccc4sc32)c(-c2cc3ccccc3c3ccccc23)c1. The van der Waals surface area contributed by atoms with E-state index in [9.17, 15) is 0 Å². The number of nitrogens with zero attached hydrogens (tertiary/aromatic N) is 1. The zero-order valence-electron chi connectivity index (χ0n) is 31.6. The molecule has 0 radical (unpaired) electrons. The van der Waals surface area contributed by atoms with E-state index >= 15 is 0 Å². The summed E-state index contributed by atoms with van der Waals surface area (Å²) in [4.78, 5) is 2.49. The van der Waals surface area contributed by atoms with Gasteiger partial charge in [-0.15, -0.1) is 11.3 Å². The largest absolute Gasteiger partial charge is 0.309 e. The van der Waals surface area contributed by atoms with Gasteiger partial charge < -0.3 is 4.90 Å². The fourth-order valence-electron chi connectivity index (χ4n) is 9.38. The van der Waals surface area contributed by atoms with Gasteiger partial charge in [0.15, 0.2) is 0 Å². The molecule has 2 heteroatoms. The molecular weight excluding hydrogens is 719 g/mol. The molecule has 0 saturated heterocycles. The van der Waals surface area contributed by atoms with E-state index in [2.05, 4.69) is 217 Å². The van der Waals surface area contributed by atoms with Crippen molar-refractivity contribution in [1.29, 1.82) is 0 Å². The van der Waals surface area contributed by atoms with Crippen LogP contribution in [-0.4, -0.2) is 0 Å². The summed E-state index contributed by atoms with van der Waals surface area (Å²) in [6.07, 6.45) is 0. The summed E-state index contributed by atoms with van der Waals surface area (Å²) in [6, 6.07) is 78.3. The molecule has 0 aliphatic carbocycles. The summed E-state index contributed by atoms with van der Waals surface area (Å²) in [7, 11) is 0. The van der Waals surface area contributed by atoms with Gasteiger partial charge in [-0.1, -0.05) is 170 Å². The Bertz CT molecular complexity index is 3580. The molecule has 0 unspecified atom stereocenters. The van der Waals surface area contributed by atoms with Crippen molar-refractivity contribution in [1.82, 2.24) is 0 Å². The van der Waals surface area contributed by atoms with Crippen LogP contribution in [0.1, 0.15) is 0 Å². The average Bonchev–Trinajstić information content (AvgIpc) is 3.69. The van der Waals surface area contributed by atoms with E-state index < -0.39 is 0 Å². The van der Waals surface area contributed by atoms with Gasteiger partial charge in [-0.3, -0.25) is 0 Å². The van der Waals surface area contributed by atoms with Crippen LogP contribution in [0.25, 0.3) is 96.3 Å². The maximum Gasteiger partial charge on any atom is 0.0540 e. The first-order chi connectivity index (χ1) is 28.8. The first-order valence-electron chi connectivity index (χ1n) is 19.9. The molecule has 0 fully saturated rings. The maximum atomic E-state index is 2.49. The standard InChI is InChI=1S/C56H35NS/c1-3-16-40-37(14-1)34-51(44-20-7-5-18-42(40)44)36-28-30-39(31-29-36)57(54-26-13-24-49-47(54)32-33-50-48-23-10-12-27-55(48)58-56(49)50)53-25-11-9-22-46(53)52-35-38-15-2-4-17-41(38)43-19-6-8-21-45(43)52/h1-35H. The fourth-order valence-corrected chi connectivity index (χ4v) is 10.6. The molecule has 1 aromatic heterocycles. The lowest BCUT2D eigenvalue weighted by Crippen LogP contribution is -2.12. The molecule has 0 N–H and O–H groups in total. The lowest BCUT2D eigenvalue weighted by atomic mass is 9.91. The third kappa shape index (κ3) is 5.09. The molecule has 11 aromatic carbocycles. The number of hydrogen-bond acceptors (Lipinski definition) is 2. The van der Waals surface area contributed by atoms with Gasteiger partial charge in [0.2, 0.25) is 0 Å². The molecule has 0 amide bonds. The highest BCUT2D eigenvalue weighted by Crippen LogP contribution is 2.48. The van der Waals surface area contributed by atoms with Crippen LogP contribution in [0.5, 0.6) is 0 Å². The first kappa shape index (κ1) is 32.9. The Balaban J connectivity index is 1.11. The summed E-state index contributed by atoms with van der Waals surface area (Å²) in [5.74, 6) is 0. The third-order valence-corrected chi connectivity index (χ3v) is 13.2. The van der Waals surface area contributed by atoms with E-state index in [0.29, 0.717) is 0 Å². The van der Waals surface area contributed by atoms with Gasteiger partial charge in [-0.25, -0.2) is 0 Å². The second-order valence-corrected chi connectivity index (χ2v) is 16.2. The highest BCUT2D eigenvalue weighted by Gasteiger charge is 2.22. The Morgan fingerprint density at radius 3 is 1.52 bits per heavy atom. The molecule has 12 rings (SSSR count). The molecule has 12 aromatic rings. The minimum atomic E-state index is 1.11. The topological polar surface area (TPSA) is 3.24 Å². The van der Waals surface area contributed by atoms with Gasteiger partial charge in [0.05, 0.1) is 11.4 Å². The second-order valence-electron chi connectivity index (χ2n) is 15.2.